The van der Waals surface area contributed by atoms with Crippen molar-refractivity contribution in [2.45, 2.75) is 31.3 Å². The van der Waals surface area contributed by atoms with Crippen LogP contribution in [0.5, 0.6) is 0 Å². The summed E-state index contributed by atoms with van der Waals surface area (Å²) in [7, 11) is 0. The third-order valence-electron chi connectivity index (χ3n) is 5.70. The van der Waals surface area contributed by atoms with Gasteiger partial charge >= 0.3 is 6.09 Å². The Morgan fingerprint density at radius 1 is 0.933 bits per heavy atom. The van der Waals surface area contributed by atoms with E-state index in [4.69, 9.17) is 4.74 Å². The molecule has 1 amide bonds. The second-order valence-electron chi connectivity index (χ2n) is 8.16. The van der Waals surface area contributed by atoms with E-state index in [1.54, 1.807) is 6.92 Å². The van der Waals surface area contributed by atoms with Gasteiger partial charge in [0.05, 0.1) is 5.60 Å². The van der Waals surface area contributed by atoms with E-state index in [2.05, 4.69) is 29.6 Å². The van der Waals surface area contributed by atoms with Gasteiger partial charge in [-0.1, -0.05) is 78.9 Å². The minimum absolute atomic E-state index is 0.0457. The number of carbonyl (C=O) groups is 1. The number of ether oxygens (including phenoxy) is 1. The molecule has 3 aromatic carbocycles. The van der Waals surface area contributed by atoms with E-state index < -0.39 is 11.7 Å². The summed E-state index contributed by atoms with van der Waals surface area (Å²) in [6.45, 7) is 2.44. The molecule has 0 radical (unpaired) electrons. The summed E-state index contributed by atoms with van der Waals surface area (Å²) in [5.74, 6) is 0.0457. The van der Waals surface area contributed by atoms with Gasteiger partial charge in [0.25, 0.3) is 0 Å². The molecule has 0 saturated carbocycles. The molecule has 30 heavy (non-hydrogen) atoms. The third kappa shape index (κ3) is 4.55. The molecule has 2 N–H and O–H groups in total. The first-order valence-corrected chi connectivity index (χ1v) is 10.4. The molecule has 4 heteroatoms. The lowest BCUT2D eigenvalue weighted by molar-refractivity contribution is 0.0510. The van der Waals surface area contributed by atoms with Gasteiger partial charge in [-0.25, -0.2) is 4.79 Å². The van der Waals surface area contributed by atoms with E-state index in [1.807, 2.05) is 54.6 Å². The quantitative estimate of drug-likeness (QED) is 0.591. The zero-order valence-corrected chi connectivity index (χ0v) is 17.2. The smallest absolute Gasteiger partial charge is 0.407 e. The summed E-state index contributed by atoms with van der Waals surface area (Å²) >= 11 is 0. The normalized spacial score (nSPS) is 14.5. The van der Waals surface area contributed by atoms with E-state index in [9.17, 15) is 9.90 Å². The minimum Gasteiger partial charge on any atom is -0.449 e. The van der Waals surface area contributed by atoms with Crippen LogP contribution in [-0.2, 0) is 11.2 Å². The number of alkyl carbamates (subject to hydrolysis) is 1. The van der Waals surface area contributed by atoms with Crippen molar-refractivity contribution in [1.29, 1.82) is 0 Å². The van der Waals surface area contributed by atoms with E-state index in [1.165, 1.54) is 22.3 Å². The van der Waals surface area contributed by atoms with Crippen LogP contribution in [0.1, 0.15) is 36.0 Å². The van der Waals surface area contributed by atoms with Gasteiger partial charge in [0.15, 0.2) is 0 Å². The van der Waals surface area contributed by atoms with Gasteiger partial charge in [-0.15, -0.1) is 0 Å². The zero-order chi connectivity index (χ0) is 21.0. The number of benzene rings is 3. The Kier molecular flexibility index (Phi) is 5.86. The van der Waals surface area contributed by atoms with Crippen LogP contribution in [0.15, 0.2) is 78.9 Å². The molecule has 1 atom stereocenters. The van der Waals surface area contributed by atoms with Gasteiger partial charge in [-0.2, -0.15) is 0 Å². The Labute approximate surface area is 177 Å². The molecule has 0 aliphatic heterocycles. The van der Waals surface area contributed by atoms with Crippen LogP contribution >= 0.6 is 0 Å². The summed E-state index contributed by atoms with van der Waals surface area (Å²) in [6.07, 6.45) is 0.541. The Morgan fingerprint density at radius 2 is 1.50 bits per heavy atom. The van der Waals surface area contributed by atoms with Crippen LogP contribution in [-0.4, -0.2) is 30.0 Å². The monoisotopic (exact) mass is 401 g/mol. The van der Waals surface area contributed by atoms with Gasteiger partial charge in [-0.3, -0.25) is 0 Å². The fourth-order valence-electron chi connectivity index (χ4n) is 4.21. The number of fused-ring (bicyclic) bond motifs is 3. The van der Waals surface area contributed by atoms with Crippen molar-refractivity contribution in [2.24, 2.45) is 0 Å². The first-order chi connectivity index (χ1) is 14.5. The van der Waals surface area contributed by atoms with Gasteiger partial charge in [0, 0.05) is 18.9 Å². The zero-order valence-electron chi connectivity index (χ0n) is 17.2. The van der Waals surface area contributed by atoms with E-state index in [0.717, 1.165) is 5.56 Å². The predicted octanol–water partition coefficient (Wildman–Crippen LogP) is 4.91. The average Bonchev–Trinajstić information content (AvgIpc) is 3.06. The van der Waals surface area contributed by atoms with Crippen LogP contribution in [0.25, 0.3) is 11.1 Å². The molecule has 1 aliphatic rings. The minimum atomic E-state index is -0.891. The number of hydrogen-bond donors (Lipinski definition) is 2. The molecule has 4 nitrogen and oxygen atoms in total. The molecule has 1 aliphatic carbocycles. The standard InChI is InChI=1S/C26H27NO3/c1-26(29,17-19-9-3-2-4-10-19)15-16-27-25(28)30-18-24-22-13-7-5-11-20(22)21-12-6-8-14-23(21)24/h2-14,24,29H,15-18H2,1H3,(H,27,28). The highest BCUT2D eigenvalue weighted by Crippen LogP contribution is 2.44. The number of rotatable bonds is 7. The first-order valence-electron chi connectivity index (χ1n) is 10.4. The van der Waals surface area contributed by atoms with E-state index >= 15 is 0 Å². The molecule has 0 heterocycles. The lowest BCUT2D eigenvalue weighted by atomic mass is 9.93. The first kappa shape index (κ1) is 20.2. The second kappa shape index (κ2) is 8.72. The van der Waals surface area contributed by atoms with Crippen LogP contribution < -0.4 is 5.32 Å². The molecule has 1 unspecified atom stereocenters. The van der Waals surface area contributed by atoms with Crippen LogP contribution in [0.2, 0.25) is 0 Å². The Morgan fingerprint density at radius 3 is 2.13 bits per heavy atom. The lowest BCUT2D eigenvalue weighted by Crippen LogP contribution is -2.35. The number of carbonyl (C=O) groups excluding carboxylic acids is 1. The Bertz CT molecular complexity index is 968. The molecule has 154 valence electrons. The summed E-state index contributed by atoms with van der Waals surface area (Å²) in [6, 6.07) is 26.4. The molecule has 0 aromatic heterocycles. The number of hydrogen-bond acceptors (Lipinski definition) is 3. The maximum absolute atomic E-state index is 12.3. The topological polar surface area (TPSA) is 58.6 Å². The van der Waals surface area contributed by atoms with Crippen molar-refractivity contribution < 1.29 is 14.6 Å². The highest BCUT2D eigenvalue weighted by Gasteiger charge is 2.29. The molecular weight excluding hydrogens is 374 g/mol. The maximum atomic E-state index is 12.3. The van der Waals surface area contributed by atoms with Crippen molar-refractivity contribution >= 4 is 6.09 Å². The molecule has 0 spiro atoms. The van der Waals surface area contributed by atoms with Gasteiger partial charge in [0.1, 0.15) is 6.61 Å². The lowest BCUT2D eigenvalue weighted by Gasteiger charge is -2.23. The summed E-state index contributed by atoms with van der Waals surface area (Å²) in [5, 5.41) is 13.4. The van der Waals surface area contributed by atoms with Crippen molar-refractivity contribution in [3.8, 4) is 11.1 Å². The SMILES string of the molecule is CC(O)(CCNC(=O)OCC1c2ccccc2-c2ccccc21)Cc1ccccc1. The highest BCUT2D eigenvalue weighted by atomic mass is 16.5. The second-order valence-corrected chi connectivity index (χ2v) is 8.16. The molecule has 0 bridgehead atoms. The molecule has 0 saturated heterocycles. The third-order valence-corrected chi connectivity index (χ3v) is 5.70. The Hall–Kier alpha value is -3.11. The van der Waals surface area contributed by atoms with E-state index in [0.29, 0.717) is 26.0 Å². The fraction of sp³-hybridized carbons (Fsp3) is 0.269. The summed E-state index contributed by atoms with van der Waals surface area (Å²) < 4.78 is 5.54. The van der Waals surface area contributed by atoms with Crippen molar-refractivity contribution in [3.63, 3.8) is 0 Å². The van der Waals surface area contributed by atoms with Crippen LogP contribution in [0.3, 0.4) is 0 Å². The maximum Gasteiger partial charge on any atom is 0.407 e. The largest absolute Gasteiger partial charge is 0.449 e. The van der Waals surface area contributed by atoms with Gasteiger partial charge in [0.2, 0.25) is 0 Å². The van der Waals surface area contributed by atoms with Crippen molar-refractivity contribution in [1.82, 2.24) is 5.32 Å². The molecule has 3 aromatic rings. The fourth-order valence-corrected chi connectivity index (χ4v) is 4.21. The molecule has 4 rings (SSSR count). The average molecular weight is 402 g/mol. The van der Waals surface area contributed by atoms with Gasteiger partial charge in [-0.05, 0) is 41.2 Å². The summed E-state index contributed by atoms with van der Waals surface area (Å²) in [4.78, 5) is 12.3. The summed E-state index contributed by atoms with van der Waals surface area (Å²) in [5.41, 5.74) is 4.98. The number of nitrogens with one attached hydrogen (secondary N) is 1. The molecule has 0 fully saturated rings. The van der Waals surface area contributed by atoms with Crippen molar-refractivity contribution in [2.75, 3.05) is 13.2 Å². The van der Waals surface area contributed by atoms with Gasteiger partial charge < -0.3 is 15.2 Å². The highest BCUT2D eigenvalue weighted by molar-refractivity contribution is 5.79. The van der Waals surface area contributed by atoms with E-state index in [-0.39, 0.29) is 5.92 Å². The molecular formula is C26H27NO3. The van der Waals surface area contributed by atoms with Crippen LogP contribution in [0.4, 0.5) is 4.79 Å². The van der Waals surface area contributed by atoms with Crippen LogP contribution in [0, 0.1) is 0 Å². The Balaban J connectivity index is 1.29. The van der Waals surface area contributed by atoms with Crippen molar-refractivity contribution in [3.05, 3.63) is 95.6 Å². The number of aliphatic hydroxyl groups is 1. The number of amides is 1. The predicted molar refractivity (Wildman–Crippen MR) is 118 cm³/mol.